The molecule has 0 aliphatic carbocycles. The van der Waals surface area contributed by atoms with Crippen LogP contribution in [-0.4, -0.2) is 25.0 Å². The highest BCUT2D eigenvalue weighted by Crippen LogP contribution is 2.37. The van der Waals surface area contributed by atoms with Gasteiger partial charge in [-0.1, -0.05) is 0 Å². The zero-order chi connectivity index (χ0) is 13.7. The van der Waals surface area contributed by atoms with Crippen LogP contribution in [-0.2, 0) is 0 Å². The molecule has 104 valence electrons. The second kappa shape index (κ2) is 4.97. The van der Waals surface area contributed by atoms with E-state index in [-0.39, 0.29) is 0 Å². The number of halogens is 2. The Bertz CT molecular complexity index is 624. The van der Waals surface area contributed by atoms with Crippen LogP contribution in [0.25, 0.3) is 0 Å². The van der Waals surface area contributed by atoms with E-state index in [1.807, 2.05) is 0 Å². The number of hydrogen-bond donors (Lipinski definition) is 1. The van der Waals surface area contributed by atoms with E-state index in [9.17, 15) is 0 Å². The Morgan fingerprint density at radius 3 is 2.95 bits per heavy atom. The van der Waals surface area contributed by atoms with Gasteiger partial charge in [-0.05, 0) is 62.9 Å². The van der Waals surface area contributed by atoms with Gasteiger partial charge in [0, 0.05) is 50.6 Å². The number of aliphatic imine (C=N–C) groups is 1. The standard InChI is InChI=1S/C15H15Br2N3/c16-12-3-2-10(6-13(12)17)20-8-18-7-11-14-4-1-9(19-14)5-15(11)20/h2-3,6-7,9,14,19H,1,4-5,8H2/t9-,14+/m1/s1. The Morgan fingerprint density at radius 2 is 2.10 bits per heavy atom. The van der Waals surface area contributed by atoms with E-state index >= 15 is 0 Å². The molecule has 3 nitrogen and oxygen atoms in total. The summed E-state index contributed by atoms with van der Waals surface area (Å²) < 4.78 is 2.17. The molecule has 20 heavy (non-hydrogen) atoms. The van der Waals surface area contributed by atoms with Gasteiger partial charge in [0.2, 0.25) is 0 Å². The van der Waals surface area contributed by atoms with Crippen LogP contribution in [0.4, 0.5) is 5.69 Å². The number of fused-ring (bicyclic) bond motifs is 3. The number of nitrogens with zero attached hydrogens (tertiary/aromatic N) is 2. The summed E-state index contributed by atoms with van der Waals surface area (Å²) in [5.41, 5.74) is 4.07. The van der Waals surface area contributed by atoms with Gasteiger partial charge < -0.3 is 10.2 Å². The van der Waals surface area contributed by atoms with E-state index in [4.69, 9.17) is 0 Å². The third kappa shape index (κ3) is 2.07. The average Bonchev–Trinajstić information content (AvgIpc) is 2.84. The Kier molecular flexibility index (Phi) is 3.24. The molecule has 2 bridgehead atoms. The molecule has 0 saturated carbocycles. The van der Waals surface area contributed by atoms with E-state index in [1.54, 1.807) is 0 Å². The average molecular weight is 397 g/mol. The third-order valence-electron chi connectivity index (χ3n) is 4.38. The lowest BCUT2D eigenvalue weighted by Gasteiger charge is -2.36. The molecule has 1 saturated heterocycles. The highest BCUT2D eigenvalue weighted by molar-refractivity contribution is 9.13. The first-order valence-corrected chi connectivity index (χ1v) is 8.52. The van der Waals surface area contributed by atoms with E-state index in [1.165, 1.54) is 29.8 Å². The predicted octanol–water partition coefficient (Wildman–Crippen LogP) is 3.84. The quantitative estimate of drug-likeness (QED) is 0.780. The molecule has 0 unspecified atom stereocenters. The van der Waals surface area contributed by atoms with Crippen LogP contribution in [0.1, 0.15) is 19.3 Å². The van der Waals surface area contributed by atoms with Crippen LogP contribution < -0.4 is 10.2 Å². The molecule has 3 heterocycles. The van der Waals surface area contributed by atoms with Gasteiger partial charge in [-0.15, -0.1) is 0 Å². The Morgan fingerprint density at radius 1 is 1.20 bits per heavy atom. The Hall–Kier alpha value is -0.650. The zero-order valence-corrected chi connectivity index (χ0v) is 14.1. The first-order valence-electron chi connectivity index (χ1n) is 6.94. The van der Waals surface area contributed by atoms with Crippen molar-refractivity contribution in [3.8, 4) is 0 Å². The van der Waals surface area contributed by atoms with Gasteiger partial charge in [-0.3, -0.25) is 4.99 Å². The van der Waals surface area contributed by atoms with E-state index < -0.39 is 0 Å². The molecule has 1 fully saturated rings. The number of rotatable bonds is 1. The van der Waals surface area contributed by atoms with Crippen molar-refractivity contribution in [1.29, 1.82) is 0 Å². The zero-order valence-electron chi connectivity index (χ0n) is 10.9. The summed E-state index contributed by atoms with van der Waals surface area (Å²) in [5, 5.41) is 3.69. The molecule has 4 rings (SSSR count). The van der Waals surface area contributed by atoms with Crippen molar-refractivity contribution in [2.24, 2.45) is 4.99 Å². The highest BCUT2D eigenvalue weighted by atomic mass is 79.9. The van der Waals surface area contributed by atoms with Gasteiger partial charge >= 0.3 is 0 Å². The monoisotopic (exact) mass is 395 g/mol. The minimum absolute atomic E-state index is 0.509. The Balaban J connectivity index is 1.75. The van der Waals surface area contributed by atoms with E-state index in [2.05, 4.69) is 71.5 Å². The number of anilines is 1. The fraction of sp³-hybridized carbons (Fsp3) is 0.400. The normalized spacial score (nSPS) is 28.0. The van der Waals surface area contributed by atoms with Crippen molar-refractivity contribution in [2.45, 2.75) is 31.3 Å². The van der Waals surface area contributed by atoms with Crippen LogP contribution in [0, 0.1) is 0 Å². The maximum absolute atomic E-state index is 4.56. The smallest absolute Gasteiger partial charge is 0.114 e. The van der Waals surface area contributed by atoms with Gasteiger partial charge in [0.1, 0.15) is 6.67 Å². The van der Waals surface area contributed by atoms with Crippen LogP contribution in [0.2, 0.25) is 0 Å². The van der Waals surface area contributed by atoms with Crippen LogP contribution in [0.15, 0.2) is 43.4 Å². The Labute approximate surface area is 135 Å². The molecular weight excluding hydrogens is 382 g/mol. The fourth-order valence-electron chi connectivity index (χ4n) is 3.40. The number of benzene rings is 1. The minimum Gasteiger partial charge on any atom is -0.325 e. The van der Waals surface area contributed by atoms with Gasteiger partial charge in [0.15, 0.2) is 0 Å². The molecule has 0 amide bonds. The lowest BCUT2D eigenvalue weighted by Crippen LogP contribution is -2.43. The lowest BCUT2D eigenvalue weighted by atomic mass is 9.99. The topological polar surface area (TPSA) is 27.6 Å². The van der Waals surface area contributed by atoms with Gasteiger partial charge in [-0.2, -0.15) is 0 Å². The lowest BCUT2D eigenvalue weighted by molar-refractivity contribution is 0.527. The molecule has 2 atom stereocenters. The molecule has 3 aliphatic heterocycles. The molecule has 1 aromatic carbocycles. The maximum Gasteiger partial charge on any atom is 0.114 e. The summed E-state index contributed by atoms with van der Waals surface area (Å²) in [6.45, 7) is 0.729. The van der Waals surface area contributed by atoms with Crippen LogP contribution >= 0.6 is 31.9 Å². The van der Waals surface area contributed by atoms with Crippen molar-refractivity contribution in [3.63, 3.8) is 0 Å². The summed E-state index contributed by atoms with van der Waals surface area (Å²) in [4.78, 5) is 6.92. The van der Waals surface area contributed by atoms with Crippen molar-refractivity contribution in [2.75, 3.05) is 11.6 Å². The second-order valence-electron chi connectivity index (χ2n) is 5.58. The summed E-state index contributed by atoms with van der Waals surface area (Å²) >= 11 is 7.13. The summed E-state index contributed by atoms with van der Waals surface area (Å²) in [6.07, 6.45) is 5.72. The molecule has 0 aromatic heterocycles. The van der Waals surface area contributed by atoms with Crippen molar-refractivity contribution in [1.82, 2.24) is 5.32 Å². The van der Waals surface area contributed by atoms with Gasteiger partial charge in [0.25, 0.3) is 0 Å². The van der Waals surface area contributed by atoms with Crippen LogP contribution in [0.5, 0.6) is 0 Å². The summed E-state index contributed by atoms with van der Waals surface area (Å²) in [7, 11) is 0. The van der Waals surface area contributed by atoms with Crippen molar-refractivity contribution >= 4 is 43.8 Å². The third-order valence-corrected chi connectivity index (χ3v) is 6.26. The van der Waals surface area contributed by atoms with Gasteiger partial charge in [0.05, 0.1) is 0 Å². The van der Waals surface area contributed by atoms with E-state index in [0.29, 0.717) is 12.1 Å². The molecule has 1 N–H and O–H groups in total. The fourth-order valence-corrected chi connectivity index (χ4v) is 4.02. The number of hydrogen-bond acceptors (Lipinski definition) is 3. The van der Waals surface area contributed by atoms with Gasteiger partial charge in [-0.25, -0.2) is 0 Å². The molecule has 3 aliphatic rings. The summed E-state index contributed by atoms with van der Waals surface area (Å²) in [5.74, 6) is 0. The van der Waals surface area contributed by atoms with E-state index in [0.717, 1.165) is 22.0 Å². The largest absolute Gasteiger partial charge is 0.325 e. The SMILES string of the molecule is Brc1ccc(N2CN=CC3=C2C[C@H]2CC[C@@H]3N2)cc1Br. The molecule has 0 spiro atoms. The summed E-state index contributed by atoms with van der Waals surface area (Å²) in [6, 6.07) is 7.57. The first-order chi connectivity index (χ1) is 9.72. The molecule has 1 aromatic rings. The van der Waals surface area contributed by atoms with Crippen molar-refractivity contribution in [3.05, 3.63) is 38.4 Å². The number of nitrogens with one attached hydrogen (secondary N) is 1. The van der Waals surface area contributed by atoms with Crippen molar-refractivity contribution < 1.29 is 0 Å². The van der Waals surface area contributed by atoms with Crippen LogP contribution in [0.3, 0.4) is 0 Å². The predicted molar refractivity (Wildman–Crippen MR) is 89.3 cm³/mol. The second-order valence-corrected chi connectivity index (χ2v) is 7.29. The molecule has 5 heteroatoms. The first kappa shape index (κ1) is 13.0. The maximum atomic E-state index is 4.56. The highest BCUT2D eigenvalue weighted by Gasteiger charge is 2.36. The molecular formula is C15H15Br2N3. The minimum atomic E-state index is 0.509. The molecule has 0 radical (unpaired) electrons.